The summed E-state index contributed by atoms with van der Waals surface area (Å²) >= 11 is 7.56. The third-order valence-electron chi connectivity index (χ3n) is 5.16. The highest BCUT2D eigenvalue weighted by Gasteiger charge is 2.16. The van der Waals surface area contributed by atoms with E-state index in [2.05, 4.69) is 40.8 Å². The molecule has 5 nitrogen and oxygen atoms in total. The zero-order valence-electron chi connectivity index (χ0n) is 18.6. The first-order valence-corrected chi connectivity index (χ1v) is 12.2. The number of halogens is 1. The van der Waals surface area contributed by atoms with Gasteiger partial charge >= 0.3 is 0 Å². The van der Waals surface area contributed by atoms with Crippen LogP contribution in [0.3, 0.4) is 0 Å². The maximum atomic E-state index is 13.2. The lowest BCUT2D eigenvalue weighted by atomic mass is 10.1. The number of carbonyl (C=O) groups excluding carboxylic acids is 1. The zero-order chi connectivity index (χ0) is 22.8. The highest BCUT2D eigenvalue weighted by Crippen LogP contribution is 2.22. The highest BCUT2D eigenvalue weighted by molar-refractivity contribution is 7.99. The Morgan fingerprint density at radius 2 is 1.56 bits per heavy atom. The predicted molar refractivity (Wildman–Crippen MR) is 133 cm³/mol. The quantitative estimate of drug-likeness (QED) is 0.216. The average molecular weight is 469 g/mol. The van der Waals surface area contributed by atoms with Crippen LogP contribution in [-0.4, -0.2) is 46.2 Å². The molecule has 2 aromatic carbocycles. The monoisotopic (exact) mass is 468 g/mol. The van der Waals surface area contributed by atoms with Crippen LogP contribution in [0, 0.1) is 0 Å². The van der Waals surface area contributed by atoms with Crippen molar-refractivity contribution in [1.29, 1.82) is 0 Å². The summed E-state index contributed by atoms with van der Waals surface area (Å²) in [5, 5.41) is 0.914. The zero-order valence-corrected chi connectivity index (χ0v) is 20.1. The van der Waals surface area contributed by atoms with Gasteiger partial charge in [0.25, 0.3) is 0 Å². The van der Waals surface area contributed by atoms with Crippen molar-refractivity contribution in [1.82, 2.24) is 14.9 Å². The fraction of sp³-hybridized carbons (Fsp3) is 0.320. The second kappa shape index (κ2) is 12.5. The number of carbonyl (C=O) groups is 1. The molecule has 0 saturated carbocycles. The smallest absolute Gasteiger partial charge is 0.233 e. The Balaban J connectivity index is 1.69. The van der Waals surface area contributed by atoms with E-state index in [9.17, 15) is 4.79 Å². The number of benzene rings is 2. The third kappa shape index (κ3) is 7.24. The molecule has 0 aliphatic carbocycles. The highest BCUT2D eigenvalue weighted by atomic mass is 35.5. The van der Waals surface area contributed by atoms with Gasteiger partial charge in [0.15, 0.2) is 5.16 Å². The number of hydrogen-bond acceptors (Lipinski definition) is 5. The molecule has 0 radical (unpaired) electrons. The van der Waals surface area contributed by atoms with E-state index in [1.807, 2.05) is 53.4 Å². The first kappa shape index (κ1) is 24.1. The Labute approximate surface area is 199 Å². The van der Waals surface area contributed by atoms with Crippen molar-refractivity contribution < 1.29 is 4.79 Å². The summed E-state index contributed by atoms with van der Waals surface area (Å²) in [5.74, 6) is 1.11. The minimum atomic E-state index is 0.0581. The van der Waals surface area contributed by atoms with Gasteiger partial charge in [-0.3, -0.25) is 4.79 Å². The summed E-state index contributed by atoms with van der Waals surface area (Å²) in [6.45, 7) is 7.04. The third-order valence-corrected chi connectivity index (χ3v) is 6.18. The van der Waals surface area contributed by atoms with Crippen molar-refractivity contribution in [3.63, 3.8) is 0 Å². The number of amides is 1. The molecule has 7 heteroatoms. The average Bonchev–Trinajstić information content (AvgIpc) is 2.82. The molecule has 1 heterocycles. The first-order chi connectivity index (χ1) is 15.6. The normalized spacial score (nSPS) is 10.7. The molecule has 0 bridgehead atoms. The van der Waals surface area contributed by atoms with E-state index in [1.165, 1.54) is 17.3 Å². The summed E-state index contributed by atoms with van der Waals surface area (Å²) in [7, 11) is 0. The fourth-order valence-electron chi connectivity index (χ4n) is 3.38. The lowest BCUT2D eigenvalue weighted by Crippen LogP contribution is -2.34. The van der Waals surface area contributed by atoms with Gasteiger partial charge in [0.05, 0.1) is 5.75 Å². The van der Waals surface area contributed by atoms with Gasteiger partial charge < -0.3 is 9.80 Å². The van der Waals surface area contributed by atoms with Gasteiger partial charge in [0.1, 0.15) is 11.0 Å². The second-order valence-corrected chi connectivity index (χ2v) is 8.66. The standard InChI is InChI=1S/C25H29ClN4OS/c1-3-29(4-2)23-17-22(26)27-25(28-23)32-19-24(31)30(18-21-13-9-6-10-14-21)16-15-20-11-7-5-8-12-20/h5-14,17H,3-4,15-16,18-19H2,1-2H3. The van der Waals surface area contributed by atoms with Crippen molar-refractivity contribution in [3.05, 3.63) is 83.0 Å². The van der Waals surface area contributed by atoms with Crippen LogP contribution in [0.15, 0.2) is 71.9 Å². The molecule has 3 aromatic rings. The van der Waals surface area contributed by atoms with E-state index >= 15 is 0 Å². The van der Waals surface area contributed by atoms with Gasteiger partial charge in [-0.15, -0.1) is 0 Å². The van der Waals surface area contributed by atoms with Crippen LogP contribution >= 0.6 is 23.4 Å². The molecular weight excluding hydrogens is 440 g/mol. The number of nitrogens with zero attached hydrogens (tertiary/aromatic N) is 4. The summed E-state index contributed by atoms with van der Waals surface area (Å²) in [6, 6.07) is 22.1. The molecule has 1 amide bonds. The van der Waals surface area contributed by atoms with Crippen LogP contribution in [0.4, 0.5) is 5.82 Å². The van der Waals surface area contributed by atoms with Crippen molar-refractivity contribution in [2.75, 3.05) is 30.3 Å². The van der Waals surface area contributed by atoms with Crippen molar-refractivity contribution in [2.45, 2.75) is 32.0 Å². The topological polar surface area (TPSA) is 49.3 Å². The Morgan fingerprint density at radius 1 is 0.938 bits per heavy atom. The Kier molecular flexibility index (Phi) is 9.38. The Hall–Kier alpha value is -2.57. The maximum absolute atomic E-state index is 13.2. The van der Waals surface area contributed by atoms with Crippen LogP contribution in [0.5, 0.6) is 0 Å². The molecule has 168 valence electrons. The van der Waals surface area contributed by atoms with Gasteiger partial charge in [-0.1, -0.05) is 84.0 Å². The van der Waals surface area contributed by atoms with E-state index in [0.717, 1.165) is 30.9 Å². The second-order valence-electron chi connectivity index (χ2n) is 7.33. The van der Waals surface area contributed by atoms with Crippen molar-refractivity contribution in [2.24, 2.45) is 0 Å². The van der Waals surface area contributed by atoms with E-state index in [4.69, 9.17) is 11.6 Å². The van der Waals surface area contributed by atoms with Crippen LogP contribution in [0.2, 0.25) is 5.15 Å². The van der Waals surface area contributed by atoms with E-state index in [1.54, 1.807) is 6.07 Å². The molecule has 0 aliphatic heterocycles. The minimum absolute atomic E-state index is 0.0581. The Bertz CT molecular complexity index is 984. The van der Waals surface area contributed by atoms with Gasteiger partial charge in [-0.2, -0.15) is 0 Å². The van der Waals surface area contributed by atoms with Gasteiger partial charge in [0, 0.05) is 32.2 Å². The van der Waals surface area contributed by atoms with E-state index < -0.39 is 0 Å². The largest absolute Gasteiger partial charge is 0.357 e. The molecule has 0 atom stereocenters. The molecule has 0 fully saturated rings. The molecule has 1 aromatic heterocycles. The van der Waals surface area contributed by atoms with Gasteiger partial charge in [-0.25, -0.2) is 9.97 Å². The molecule has 0 saturated heterocycles. The number of rotatable bonds is 11. The lowest BCUT2D eigenvalue weighted by molar-refractivity contribution is -0.128. The summed E-state index contributed by atoms with van der Waals surface area (Å²) < 4.78 is 0. The first-order valence-electron chi connectivity index (χ1n) is 10.9. The van der Waals surface area contributed by atoms with Gasteiger partial charge in [-0.05, 0) is 31.4 Å². The molecule has 0 N–H and O–H groups in total. The summed E-state index contributed by atoms with van der Waals surface area (Å²) in [5.41, 5.74) is 2.33. The van der Waals surface area contributed by atoms with E-state index in [0.29, 0.717) is 23.4 Å². The minimum Gasteiger partial charge on any atom is -0.357 e. The lowest BCUT2D eigenvalue weighted by Gasteiger charge is -2.23. The molecule has 0 unspecified atom stereocenters. The SMILES string of the molecule is CCN(CC)c1cc(Cl)nc(SCC(=O)N(CCc2ccccc2)Cc2ccccc2)n1. The van der Waals surface area contributed by atoms with Crippen LogP contribution in [0.1, 0.15) is 25.0 Å². The molecule has 32 heavy (non-hydrogen) atoms. The molecular formula is C25H29ClN4OS. The number of hydrogen-bond donors (Lipinski definition) is 0. The number of aromatic nitrogens is 2. The summed E-state index contributed by atoms with van der Waals surface area (Å²) in [4.78, 5) is 26.1. The van der Waals surface area contributed by atoms with Crippen LogP contribution in [0.25, 0.3) is 0 Å². The fourth-order valence-corrected chi connectivity index (χ4v) is 4.37. The molecule has 3 rings (SSSR count). The van der Waals surface area contributed by atoms with Crippen LogP contribution < -0.4 is 4.90 Å². The molecule has 0 aliphatic rings. The van der Waals surface area contributed by atoms with Crippen molar-refractivity contribution in [3.8, 4) is 0 Å². The molecule has 0 spiro atoms. The Morgan fingerprint density at radius 3 is 2.19 bits per heavy atom. The van der Waals surface area contributed by atoms with Gasteiger partial charge in [0.2, 0.25) is 5.91 Å². The maximum Gasteiger partial charge on any atom is 0.233 e. The number of thioether (sulfide) groups is 1. The predicted octanol–water partition coefficient (Wildman–Crippen LogP) is 5.34. The van der Waals surface area contributed by atoms with E-state index in [-0.39, 0.29) is 11.7 Å². The van der Waals surface area contributed by atoms with Crippen molar-refractivity contribution >= 4 is 35.1 Å². The number of anilines is 1. The van der Waals surface area contributed by atoms with Crippen LogP contribution in [-0.2, 0) is 17.8 Å². The summed E-state index contributed by atoms with van der Waals surface area (Å²) in [6.07, 6.45) is 0.809.